The highest BCUT2D eigenvalue weighted by Crippen LogP contribution is 2.40. The van der Waals surface area contributed by atoms with Gasteiger partial charge in [-0.2, -0.15) is 0 Å². The monoisotopic (exact) mass is 355 g/mol. The summed E-state index contributed by atoms with van der Waals surface area (Å²) in [7, 11) is 0. The van der Waals surface area contributed by atoms with Crippen LogP contribution in [0, 0.1) is 0 Å². The van der Waals surface area contributed by atoms with Crippen LogP contribution in [0.1, 0.15) is 25.8 Å². The van der Waals surface area contributed by atoms with E-state index in [1.165, 1.54) is 21.8 Å². The zero-order chi connectivity index (χ0) is 14.4. The minimum atomic E-state index is 0.00802. The minimum absolute atomic E-state index is 0.00802. The van der Waals surface area contributed by atoms with Crippen LogP contribution in [0.25, 0.3) is 11.3 Å². The molecule has 0 aliphatic heterocycles. The van der Waals surface area contributed by atoms with Crippen LogP contribution in [0.15, 0.2) is 53.0 Å². The van der Waals surface area contributed by atoms with E-state index in [-0.39, 0.29) is 5.78 Å². The van der Waals surface area contributed by atoms with E-state index in [1.807, 2.05) is 36.4 Å². The summed E-state index contributed by atoms with van der Waals surface area (Å²) in [6.07, 6.45) is 0.865. The summed E-state index contributed by atoms with van der Waals surface area (Å²) < 4.78 is 1.08. The molecule has 0 unspecified atom stereocenters. The maximum Gasteiger partial charge on any atom is 0.221 e. The maximum absolute atomic E-state index is 12.5. The molecule has 2 aromatic carbocycles. The molecule has 0 saturated heterocycles. The number of carbonyl (C=O) groups excluding carboxylic acids is 1. The van der Waals surface area contributed by atoms with Crippen LogP contribution in [0.2, 0.25) is 0 Å². The van der Waals surface area contributed by atoms with Crippen LogP contribution >= 0.6 is 27.3 Å². The number of benzene rings is 2. The predicted molar refractivity (Wildman–Crippen MR) is 87.9 cm³/mol. The summed E-state index contributed by atoms with van der Waals surface area (Å²) >= 11 is 5.01. The van der Waals surface area contributed by atoms with E-state index in [0.717, 1.165) is 22.2 Å². The average Bonchev–Trinajstić information content (AvgIpc) is 3.04. The molecule has 0 radical (unpaired) electrons. The van der Waals surface area contributed by atoms with E-state index >= 15 is 0 Å². The van der Waals surface area contributed by atoms with Crippen LogP contribution in [0.5, 0.6) is 0 Å². The zero-order valence-corrected chi connectivity index (χ0v) is 13.4. The molecule has 4 heteroatoms. The Kier molecular flexibility index (Phi) is 3.01. The highest BCUT2D eigenvalue weighted by atomic mass is 79.9. The molecule has 0 saturated carbocycles. The Bertz CT molecular complexity index is 854. The van der Waals surface area contributed by atoms with E-state index < -0.39 is 0 Å². The Morgan fingerprint density at radius 3 is 2.76 bits per heavy atom. The number of fused-ring (bicyclic) bond motifs is 3. The number of rotatable bonds is 2. The summed E-state index contributed by atoms with van der Waals surface area (Å²) in [5.41, 5.74) is 4.09. The topological polar surface area (TPSA) is 30.0 Å². The number of nitrogens with zero attached hydrogens (tertiary/aromatic N) is 1. The molecule has 1 aliphatic carbocycles. The Morgan fingerprint density at radius 2 is 1.95 bits per heavy atom. The third kappa shape index (κ3) is 2.15. The molecule has 0 atom stereocenters. The lowest BCUT2D eigenvalue weighted by atomic mass is 10.1. The van der Waals surface area contributed by atoms with Gasteiger partial charge in [0.1, 0.15) is 0 Å². The average molecular weight is 356 g/mol. The fourth-order valence-electron chi connectivity index (χ4n) is 2.60. The molecule has 102 valence electrons. The number of thiazole rings is 1. The van der Waals surface area contributed by atoms with Crippen molar-refractivity contribution >= 4 is 33.0 Å². The van der Waals surface area contributed by atoms with Crippen LogP contribution in [-0.4, -0.2) is 10.8 Å². The van der Waals surface area contributed by atoms with Gasteiger partial charge in [-0.25, -0.2) is 4.98 Å². The lowest BCUT2D eigenvalue weighted by molar-refractivity contribution is 0.103. The van der Waals surface area contributed by atoms with E-state index in [4.69, 9.17) is 0 Å². The molecular weight excluding hydrogens is 346 g/mol. The number of hydrogen-bond acceptors (Lipinski definition) is 3. The van der Waals surface area contributed by atoms with Gasteiger partial charge in [0, 0.05) is 26.9 Å². The van der Waals surface area contributed by atoms with Crippen molar-refractivity contribution in [3.05, 3.63) is 74.0 Å². The van der Waals surface area contributed by atoms with Crippen molar-refractivity contribution < 1.29 is 4.79 Å². The third-order valence-electron chi connectivity index (χ3n) is 3.60. The van der Waals surface area contributed by atoms with Crippen molar-refractivity contribution in [2.24, 2.45) is 0 Å². The van der Waals surface area contributed by atoms with Crippen molar-refractivity contribution in [2.45, 2.75) is 6.42 Å². The van der Waals surface area contributed by atoms with Gasteiger partial charge in [0.2, 0.25) is 5.78 Å². The summed E-state index contributed by atoms with van der Waals surface area (Å²) in [6, 6.07) is 15.5. The van der Waals surface area contributed by atoms with E-state index in [2.05, 4.69) is 33.0 Å². The number of halogens is 1. The molecule has 4 rings (SSSR count). The van der Waals surface area contributed by atoms with Gasteiger partial charge < -0.3 is 0 Å². The van der Waals surface area contributed by atoms with Crippen molar-refractivity contribution in [1.82, 2.24) is 4.98 Å². The molecule has 0 bridgehead atoms. The van der Waals surface area contributed by atoms with Gasteiger partial charge in [0.25, 0.3) is 0 Å². The van der Waals surface area contributed by atoms with Crippen LogP contribution < -0.4 is 0 Å². The van der Waals surface area contributed by atoms with Gasteiger partial charge in [-0.3, -0.25) is 4.79 Å². The maximum atomic E-state index is 12.5. The molecule has 3 aromatic rings. The SMILES string of the molecule is O=C(c1ccccc1)c1nc2c(s1)Cc1cc(Br)ccc1-2. The Labute approximate surface area is 134 Å². The Morgan fingerprint density at radius 1 is 1.14 bits per heavy atom. The quantitative estimate of drug-likeness (QED) is 0.487. The molecule has 21 heavy (non-hydrogen) atoms. The van der Waals surface area contributed by atoms with E-state index in [9.17, 15) is 4.79 Å². The molecule has 1 aromatic heterocycles. The summed E-state index contributed by atoms with van der Waals surface area (Å²) in [5, 5.41) is 0.583. The summed E-state index contributed by atoms with van der Waals surface area (Å²) in [6.45, 7) is 0. The highest BCUT2D eigenvalue weighted by molar-refractivity contribution is 9.10. The van der Waals surface area contributed by atoms with E-state index in [0.29, 0.717) is 10.6 Å². The minimum Gasteiger partial charge on any atom is -0.286 e. The van der Waals surface area contributed by atoms with Crippen LogP contribution in [-0.2, 0) is 6.42 Å². The fourth-order valence-corrected chi connectivity index (χ4v) is 4.07. The standard InChI is InChI=1S/C17H10BrNOS/c18-12-6-7-13-11(8-12)9-14-15(13)19-17(21-14)16(20)10-4-2-1-3-5-10/h1-8H,9H2. The number of ketones is 1. The number of aromatic nitrogens is 1. The van der Waals surface area contributed by atoms with Crippen molar-refractivity contribution in [2.75, 3.05) is 0 Å². The molecule has 2 nitrogen and oxygen atoms in total. The lowest BCUT2D eigenvalue weighted by Gasteiger charge is -2.00. The van der Waals surface area contributed by atoms with Gasteiger partial charge >= 0.3 is 0 Å². The Balaban J connectivity index is 1.75. The largest absolute Gasteiger partial charge is 0.286 e. The van der Waals surface area contributed by atoms with Crippen molar-refractivity contribution in [1.29, 1.82) is 0 Å². The van der Waals surface area contributed by atoms with Crippen LogP contribution in [0.4, 0.5) is 0 Å². The Hall–Kier alpha value is -1.78. The number of carbonyl (C=O) groups is 1. The molecule has 0 fully saturated rings. The first-order valence-electron chi connectivity index (χ1n) is 6.60. The number of hydrogen-bond donors (Lipinski definition) is 0. The first-order valence-corrected chi connectivity index (χ1v) is 8.21. The molecule has 1 heterocycles. The fraction of sp³-hybridized carbons (Fsp3) is 0.0588. The van der Waals surface area contributed by atoms with Crippen molar-refractivity contribution in [3.8, 4) is 11.3 Å². The molecule has 0 spiro atoms. The molecular formula is C17H10BrNOS. The second-order valence-electron chi connectivity index (χ2n) is 4.96. The second kappa shape index (κ2) is 4.90. The van der Waals surface area contributed by atoms with Crippen LogP contribution in [0.3, 0.4) is 0 Å². The second-order valence-corrected chi connectivity index (χ2v) is 6.96. The highest BCUT2D eigenvalue weighted by Gasteiger charge is 2.25. The predicted octanol–water partition coefficient (Wildman–Crippen LogP) is 4.71. The summed E-state index contributed by atoms with van der Waals surface area (Å²) in [5.74, 6) is 0.00802. The van der Waals surface area contributed by atoms with Gasteiger partial charge in [0.05, 0.1) is 5.69 Å². The smallest absolute Gasteiger partial charge is 0.221 e. The molecule has 0 amide bonds. The summed E-state index contributed by atoms with van der Waals surface area (Å²) in [4.78, 5) is 18.2. The van der Waals surface area contributed by atoms with Gasteiger partial charge in [-0.1, -0.05) is 52.3 Å². The molecule has 0 N–H and O–H groups in total. The first-order chi connectivity index (χ1) is 10.2. The molecule has 1 aliphatic rings. The zero-order valence-electron chi connectivity index (χ0n) is 11.0. The lowest BCUT2D eigenvalue weighted by Crippen LogP contribution is -2.00. The van der Waals surface area contributed by atoms with Gasteiger partial charge in [0.15, 0.2) is 5.01 Å². The van der Waals surface area contributed by atoms with Gasteiger partial charge in [-0.05, 0) is 17.7 Å². The normalized spacial score (nSPS) is 12.0. The van der Waals surface area contributed by atoms with E-state index in [1.54, 1.807) is 0 Å². The van der Waals surface area contributed by atoms with Crippen molar-refractivity contribution in [3.63, 3.8) is 0 Å². The first kappa shape index (κ1) is 12.9. The third-order valence-corrected chi connectivity index (χ3v) is 5.15. The van der Waals surface area contributed by atoms with Gasteiger partial charge in [-0.15, -0.1) is 11.3 Å².